The molecular formula is C13H8BrF3O. The van der Waals surface area contributed by atoms with Gasteiger partial charge in [0, 0.05) is 4.47 Å². The average molecular weight is 317 g/mol. The van der Waals surface area contributed by atoms with Crippen LogP contribution in [0.15, 0.2) is 40.9 Å². The van der Waals surface area contributed by atoms with Crippen LogP contribution in [0.1, 0.15) is 5.56 Å². The second-order valence-electron chi connectivity index (χ2n) is 3.61. The standard InChI is InChI=1S/C13H8BrF3O/c14-9-2-4-11(16)13(6-9)18-7-8-1-3-10(15)12(17)5-8/h1-6H,7H2. The smallest absolute Gasteiger partial charge is 0.165 e. The molecule has 0 aliphatic carbocycles. The number of rotatable bonds is 3. The van der Waals surface area contributed by atoms with Crippen molar-refractivity contribution in [3.8, 4) is 5.75 Å². The van der Waals surface area contributed by atoms with Crippen LogP contribution in [0.5, 0.6) is 5.75 Å². The lowest BCUT2D eigenvalue weighted by atomic mass is 10.2. The third-order valence-electron chi connectivity index (χ3n) is 2.27. The van der Waals surface area contributed by atoms with Crippen LogP contribution in [0, 0.1) is 17.5 Å². The predicted octanol–water partition coefficient (Wildman–Crippen LogP) is 4.45. The quantitative estimate of drug-likeness (QED) is 0.813. The highest BCUT2D eigenvalue weighted by Crippen LogP contribution is 2.23. The first-order valence-corrected chi connectivity index (χ1v) is 5.87. The Bertz CT molecular complexity index is 572. The Morgan fingerprint density at radius 3 is 2.33 bits per heavy atom. The van der Waals surface area contributed by atoms with Gasteiger partial charge in [-0.1, -0.05) is 22.0 Å². The number of benzene rings is 2. The molecule has 2 aromatic rings. The third-order valence-corrected chi connectivity index (χ3v) is 2.76. The SMILES string of the molecule is Fc1ccc(COc2cc(Br)ccc2F)cc1F. The Morgan fingerprint density at radius 1 is 0.889 bits per heavy atom. The minimum Gasteiger partial charge on any atom is -0.486 e. The Labute approximate surface area is 110 Å². The lowest BCUT2D eigenvalue weighted by Gasteiger charge is -2.08. The molecule has 5 heteroatoms. The second kappa shape index (κ2) is 5.44. The molecule has 0 heterocycles. The van der Waals surface area contributed by atoms with Crippen LogP contribution in [0.4, 0.5) is 13.2 Å². The molecule has 0 amide bonds. The van der Waals surface area contributed by atoms with E-state index in [1.165, 1.54) is 18.2 Å². The van der Waals surface area contributed by atoms with E-state index in [0.29, 0.717) is 10.0 Å². The van der Waals surface area contributed by atoms with E-state index < -0.39 is 17.5 Å². The van der Waals surface area contributed by atoms with E-state index in [-0.39, 0.29) is 12.4 Å². The van der Waals surface area contributed by atoms with Crippen molar-refractivity contribution >= 4 is 15.9 Å². The minimum absolute atomic E-state index is 0.0371. The van der Waals surface area contributed by atoms with Gasteiger partial charge in [0.05, 0.1) is 0 Å². The summed E-state index contributed by atoms with van der Waals surface area (Å²) in [7, 11) is 0. The van der Waals surface area contributed by atoms with Crippen LogP contribution >= 0.6 is 15.9 Å². The van der Waals surface area contributed by atoms with Crippen molar-refractivity contribution in [3.63, 3.8) is 0 Å². The van der Waals surface area contributed by atoms with Crippen molar-refractivity contribution in [1.29, 1.82) is 0 Å². The largest absolute Gasteiger partial charge is 0.486 e. The molecule has 0 aromatic heterocycles. The van der Waals surface area contributed by atoms with E-state index in [9.17, 15) is 13.2 Å². The molecule has 0 fully saturated rings. The maximum absolute atomic E-state index is 13.3. The molecule has 2 rings (SSSR count). The summed E-state index contributed by atoms with van der Waals surface area (Å²) in [5.41, 5.74) is 0.424. The molecule has 18 heavy (non-hydrogen) atoms. The zero-order valence-electron chi connectivity index (χ0n) is 9.09. The van der Waals surface area contributed by atoms with E-state index in [1.54, 1.807) is 6.07 Å². The van der Waals surface area contributed by atoms with Gasteiger partial charge in [-0.05, 0) is 35.9 Å². The van der Waals surface area contributed by atoms with Crippen molar-refractivity contribution in [1.82, 2.24) is 0 Å². The molecule has 0 bridgehead atoms. The molecule has 0 unspecified atom stereocenters. The fourth-order valence-electron chi connectivity index (χ4n) is 1.38. The summed E-state index contributed by atoms with van der Waals surface area (Å²) >= 11 is 3.19. The summed E-state index contributed by atoms with van der Waals surface area (Å²) in [6.07, 6.45) is 0. The van der Waals surface area contributed by atoms with Gasteiger partial charge in [-0.2, -0.15) is 0 Å². The normalized spacial score (nSPS) is 10.4. The molecule has 0 aliphatic heterocycles. The summed E-state index contributed by atoms with van der Waals surface area (Å²) in [4.78, 5) is 0. The fourth-order valence-corrected chi connectivity index (χ4v) is 1.72. The lowest BCUT2D eigenvalue weighted by Crippen LogP contribution is -1.98. The van der Waals surface area contributed by atoms with Gasteiger partial charge >= 0.3 is 0 Å². The maximum Gasteiger partial charge on any atom is 0.165 e. The van der Waals surface area contributed by atoms with Gasteiger partial charge in [0.15, 0.2) is 23.2 Å². The lowest BCUT2D eigenvalue weighted by molar-refractivity contribution is 0.289. The van der Waals surface area contributed by atoms with Crippen LogP contribution in [-0.4, -0.2) is 0 Å². The molecule has 0 saturated heterocycles. The highest BCUT2D eigenvalue weighted by molar-refractivity contribution is 9.10. The van der Waals surface area contributed by atoms with Gasteiger partial charge in [-0.15, -0.1) is 0 Å². The monoisotopic (exact) mass is 316 g/mol. The van der Waals surface area contributed by atoms with Crippen LogP contribution in [0.25, 0.3) is 0 Å². The average Bonchev–Trinajstić information content (AvgIpc) is 2.34. The minimum atomic E-state index is -0.953. The van der Waals surface area contributed by atoms with Crippen LogP contribution < -0.4 is 4.74 Å². The summed E-state index contributed by atoms with van der Waals surface area (Å²) in [6.45, 7) is -0.0371. The first-order valence-electron chi connectivity index (χ1n) is 5.08. The topological polar surface area (TPSA) is 9.23 Å². The van der Waals surface area contributed by atoms with E-state index in [4.69, 9.17) is 4.74 Å². The molecule has 1 nitrogen and oxygen atoms in total. The van der Waals surface area contributed by atoms with Crippen molar-refractivity contribution in [2.24, 2.45) is 0 Å². The molecule has 0 aliphatic rings. The fraction of sp³-hybridized carbons (Fsp3) is 0.0769. The first-order chi connectivity index (χ1) is 8.56. The number of hydrogen-bond acceptors (Lipinski definition) is 1. The van der Waals surface area contributed by atoms with Crippen LogP contribution in [0.3, 0.4) is 0 Å². The summed E-state index contributed by atoms with van der Waals surface area (Å²) in [5, 5.41) is 0. The maximum atomic E-state index is 13.3. The van der Waals surface area contributed by atoms with E-state index in [2.05, 4.69) is 15.9 Å². The Morgan fingerprint density at radius 2 is 1.61 bits per heavy atom. The van der Waals surface area contributed by atoms with Gasteiger partial charge in [-0.25, -0.2) is 13.2 Å². The molecule has 0 radical (unpaired) electrons. The molecule has 0 spiro atoms. The van der Waals surface area contributed by atoms with Gasteiger partial charge < -0.3 is 4.74 Å². The second-order valence-corrected chi connectivity index (χ2v) is 4.53. The summed E-state index contributed by atoms with van der Waals surface area (Å²) in [5.74, 6) is -2.34. The predicted molar refractivity (Wildman–Crippen MR) is 64.8 cm³/mol. The van der Waals surface area contributed by atoms with E-state index in [1.807, 2.05) is 0 Å². The molecule has 0 saturated carbocycles. The van der Waals surface area contributed by atoms with Crippen LogP contribution in [0.2, 0.25) is 0 Å². The first kappa shape index (κ1) is 13.0. The van der Waals surface area contributed by atoms with Crippen LogP contribution in [-0.2, 0) is 6.61 Å². The van der Waals surface area contributed by atoms with Crippen molar-refractivity contribution < 1.29 is 17.9 Å². The van der Waals surface area contributed by atoms with E-state index >= 15 is 0 Å². The number of hydrogen-bond donors (Lipinski definition) is 0. The van der Waals surface area contributed by atoms with Crippen molar-refractivity contribution in [3.05, 3.63) is 63.9 Å². The Hall–Kier alpha value is -1.49. The third kappa shape index (κ3) is 3.04. The number of ether oxygens (including phenoxy) is 1. The Kier molecular flexibility index (Phi) is 3.91. The molecule has 94 valence electrons. The van der Waals surface area contributed by atoms with Gasteiger partial charge in [0.25, 0.3) is 0 Å². The van der Waals surface area contributed by atoms with Crippen molar-refractivity contribution in [2.75, 3.05) is 0 Å². The Balaban J connectivity index is 2.11. The summed E-state index contributed by atoms with van der Waals surface area (Å²) in [6, 6.07) is 7.67. The highest BCUT2D eigenvalue weighted by Gasteiger charge is 2.06. The molecule has 0 N–H and O–H groups in total. The zero-order chi connectivity index (χ0) is 13.1. The highest BCUT2D eigenvalue weighted by atomic mass is 79.9. The zero-order valence-corrected chi connectivity index (χ0v) is 10.7. The van der Waals surface area contributed by atoms with Gasteiger partial charge in [0.1, 0.15) is 6.61 Å². The summed E-state index contributed by atoms with van der Waals surface area (Å²) < 4.78 is 44.8. The van der Waals surface area contributed by atoms with Crippen molar-refractivity contribution in [2.45, 2.75) is 6.61 Å². The molecule has 0 atom stereocenters. The van der Waals surface area contributed by atoms with E-state index in [0.717, 1.165) is 12.1 Å². The molecule has 2 aromatic carbocycles. The van der Waals surface area contributed by atoms with Gasteiger partial charge in [-0.3, -0.25) is 0 Å². The number of halogens is 4. The van der Waals surface area contributed by atoms with Gasteiger partial charge in [0.2, 0.25) is 0 Å². The molecular weight excluding hydrogens is 309 g/mol.